The number of aliphatic hydroxyl groups is 1. The summed E-state index contributed by atoms with van der Waals surface area (Å²) in [4.78, 5) is 60.4. The van der Waals surface area contributed by atoms with Crippen LogP contribution in [0.15, 0.2) is 84.9 Å². The highest BCUT2D eigenvalue weighted by molar-refractivity contribution is 6.00. The van der Waals surface area contributed by atoms with E-state index in [0.29, 0.717) is 11.9 Å². The topological polar surface area (TPSA) is 163 Å². The smallest absolute Gasteiger partial charge is 0.407 e. The molecule has 4 aromatic rings. The van der Waals surface area contributed by atoms with Crippen LogP contribution in [0, 0.1) is 11.8 Å². The fraction of sp³-hybridized carbons (Fsp3) is 0.395. The number of ketones is 1. The molecule has 3 aromatic carbocycles. The Morgan fingerprint density at radius 3 is 2.02 bits per heavy atom. The van der Waals surface area contributed by atoms with Gasteiger partial charge in [-0.2, -0.15) is 0 Å². The fourth-order valence-corrected chi connectivity index (χ4v) is 5.55. The number of alkyl carbamates (subject to hydrolysis) is 1. The highest BCUT2D eigenvalue weighted by Gasteiger charge is 2.32. The number of aliphatic hydroxyl groups excluding tert-OH is 1. The van der Waals surface area contributed by atoms with Crippen molar-refractivity contribution < 1.29 is 29.0 Å². The van der Waals surface area contributed by atoms with Gasteiger partial charge in [0.1, 0.15) is 5.60 Å². The molecule has 1 unspecified atom stereocenters. The average Bonchev–Trinajstić information content (AvgIpc) is 3.49. The second-order valence-electron chi connectivity index (χ2n) is 13.6. The van der Waals surface area contributed by atoms with Gasteiger partial charge in [0.2, 0.25) is 17.6 Å². The van der Waals surface area contributed by atoms with Crippen LogP contribution < -0.4 is 16.0 Å². The van der Waals surface area contributed by atoms with Gasteiger partial charge in [0.05, 0.1) is 35.8 Å². The van der Waals surface area contributed by atoms with Gasteiger partial charge in [0.25, 0.3) is 0 Å². The van der Waals surface area contributed by atoms with Crippen molar-refractivity contribution >= 4 is 34.7 Å². The first-order valence-electron chi connectivity index (χ1n) is 16.6. The number of hydrogen-bond donors (Lipinski definition) is 5. The molecule has 0 aliphatic carbocycles. The number of nitrogens with zero attached hydrogens (tertiary/aromatic N) is 1. The third-order valence-electron chi connectivity index (χ3n) is 8.02. The number of hydrogen-bond acceptors (Lipinski definition) is 8. The van der Waals surface area contributed by atoms with Crippen LogP contribution >= 0.6 is 0 Å². The second kappa shape index (κ2) is 17.0. The van der Waals surface area contributed by atoms with Gasteiger partial charge in [-0.25, -0.2) is 9.78 Å². The van der Waals surface area contributed by atoms with Crippen LogP contribution in [-0.2, 0) is 27.2 Å². The number of nitrogens with one attached hydrogen (secondary N) is 4. The Labute approximate surface area is 287 Å². The van der Waals surface area contributed by atoms with Crippen LogP contribution in [-0.4, -0.2) is 69.1 Å². The Bertz CT molecular complexity index is 1670. The summed E-state index contributed by atoms with van der Waals surface area (Å²) in [6, 6.07) is 24.4. The molecule has 5 N–H and O–H groups in total. The molecule has 4 atom stereocenters. The zero-order valence-corrected chi connectivity index (χ0v) is 28.7. The predicted octanol–water partition coefficient (Wildman–Crippen LogP) is 4.75. The molecular weight excluding hydrogens is 622 g/mol. The summed E-state index contributed by atoms with van der Waals surface area (Å²) in [5, 5.41) is 19.9. The number of amides is 3. The first-order valence-corrected chi connectivity index (χ1v) is 16.6. The Kier molecular flexibility index (Phi) is 12.8. The molecule has 0 radical (unpaired) electrons. The first kappa shape index (κ1) is 37.0. The molecule has 260 valence electrons. The van der Waals surface area contributed by atoms with E-state index >= 15 is 0 Å². The molecule has 11 nitrogen and oxygen atoms in total. The van der Waals surface area contributed by atoms with E-state index < -0.39 is 47.6 Å². The molecule has 0 saturated heterocycles. The molecule has 0 saturated carbocycles. The van der Waals surface area contributed by atoms with Crippen molar-refractivity contribution in [1.82, 2.24) is 25.9 Å². The minimum atomic E-state index is -1.16. The molecule has 0 aliphatic rings. The Hall–Kier alpha value is -4.87. The number of H-pyrrole nitrogens is 1. The van der Waals surface area contributed by atoms with E-state index in [0.717, 1.165) is 16.6 Å². The van der Waals surface area contributed by atoms with Crippen molar-refractivity contribution in [3.63, 3.8) is 0 Å². The SMILES string of the molecule is CC(C)[C@@H](NCC(=O)c1nc2ccccc2[nH]1)C(=O)NC(=O)C(Cc1ccccc1)C[C@H](O)[C@H](Cc1ccccc1)NC(=O)OC(C)(C)C. The zero-order valence-electron chi connectivity index (χ0n) is 28.7. The van der Waals surface area contributed by atoms with Gasteiger partial charge in [-0.15, -0.1) is 0 Å². The number of fused-ring (bicyclic) bond motifs is 1. The standard InChI is InChI=1S/C38H47N5O6/c1-24(2)33(39-23-32(45)34-40-28-18-12-13-19-29(28)41-34)36(47)43-35(46)27(20-25-14-8-6-9-15-25)22-31(44)30(21-26-16-10-7-11-17-26)42-37(48)49-38(3,4)5/h6-19,24,27,30-31,33,39,44H,20-23H2,1-5H3,(H,40,41)(H,42,48)(H,43,46,47)/t27?,30-,31-,33+/m0/s1. The molecule has 0 bridgehead atoms. The monoisotopic (exact) mass is 669 g/mol. The average molecular weight is 670 g/mol. The Balaban J connectivity index is 1.48. The maximum Gasteiger partial charge on any atom is 0.407 e. The van der Waals surface area contributed by atoms with Gasteiger partial charge in [-0.05, 0) is 69.2 Å². The molecule has 0 fully saturated rings. The van der Waals surface area contributed by atoms with Crippen LogP contribution in [0.3, 0.4) is 0 Å². The number of ether oxygens (including phenoxy) is 1. The number of aromatic amines is 1. The number of benzene rings is 3. The summed E-state index contributed by atoms with van der Waals surface area (Å²) in [5.74, 6) is -2.40. The van der Waals surface area contributed by atoms with Crippen molar-refractivity contribution in [2.24, 2.45) is 11.8 Å². The van der Waals surface area contributed by atoms with Crippen LogP contribution in [0.4, 0.5) is 4.79 Å². The van der Waals surface area contributed by atoms with E-state index in [4.69, 9.17) is 4.74 Å². The van der Waals surface area contributed by atoms with Crippen molar-refractivity contribution in [3.05, 3.63) is 102 Å². The molecule has 0 aliphatic heterocycles. The summed E-state index contributed by atoms with van der Waals surface area (Å²) < 4.78 is 5.47. The largest absolute Gasteiger partial charge is 0.444 e. The lowest BCUT2D eigenvalue weighted by atomic mass is 9.88. The van der Waals surface area contributed by atoms with Crippen molar-refractivity contribution in [2.45, 2.75) is 77.7 Å². The van der Waals surface area contributed by atoms with E-state index in [-0.39, 0.29) is 36.9 Å². The number of carbonyl (C=O) groups excluding carboxylic acids is 4. The van der Waals surface area contributed by atoms with Crippen molar-refractivity contribution in [3.8, 4) is 0 Å². The molecule has 49 heavy (non-hydrogen) atoms. The van der Waals surface area contributed by atoms with Crippen LogP contribution in [0.5, 0.6) is 0 Å². The number of rotatable bonds is 15. The Morgan fingerprint density at radius 2 is 1.43 bits per heavy atom. The number of aromatic nitrogens is 2. The van der Waals surface area contributed by atoms with E-state index in [2.05, 4.69) is 25.9 Å². The number of Topliss-reactive ketones (excluding diaryl/α,β-unsaturated/α-hetero) is 1. The zero-order chi connectivity index (χ0) is 35.6. The van der Waals surface area contributed by atoms with Gasteiger partial charge in [0.15, 0.2) is 5.82 Å². The maximum absolute atomic E-state index is 13.8. The number of imide groups is 1. The fourth-order valence-electron chi connectivity index (χ4n) is 5.55. The van der Waals surface area contributed by atoms with Crippen LogP contribution in [0.2, 0.25) is 0 Å². The lowest BCUT2D eigenvalue weighted by molar-refractivity contribution is -0.135. The highest BCUT2D eigenvalue weighted by atomic mass is 16.6. The van der Waals surface area contributed by atoms with E-state index in [1.807, 2.05) is 92.7 Å². The molecule has 1 heterocycles. The number of para-hydroxylation sites is 2. The van der Waals surface area contributed by atoms with E-state index in [9.17, 15) is 24.3 Å². The highest BCUT2D eigenvalue weighted by Crippen LogP contribution is 2.20. The molecule has 0 spiro atoms. The minimum absolute atomic E-state index is 0.0500. The summed E-state index contributed by atoms with van der Waals surface area (Å²) in [6.07, 6.45) is -1.37. The van der Waals surface area contributed by atoms with Gasteiger partial charge < -0.3 is 20.1 Å². The molecular formula is C38H47N5O6. The van der Waals surface area contributed by atoms with Gasteiger partial charge in [0, 0.05) is 5.92 Å². The summed E-state index contributed by atoms with van der Waals surface area (Å²) in [7, 11) is 0. The lowest BCUT2D eigenvalue weighted by Crippen LogP contribution is -2.52. The molecule has 1 aromatic heterocycles. The molecule has 11 heteroatoms. The molecule has 3 amide bonds. The predicted molar refractivity (Wildman–Crippen MR) is 188 cm³/mol. The van der Waals surface area contributed by atoms with Crippen molar-refractivity contribution in [2.75, 3.05) is 6.54 Å². The normalized spacial score (nSPS) is 14.1. The number of carbonyl (C=O) groups is 4. The summed E-state index contributed by atoms with van der Waals surface area (Å²) in [6.45, 7) is 8.71. The Morgan fingerprint density at radius 1 is 0.837 bits per heavy atom. The summed E-state index contributed by atoms with van der Waals surface area (Å²) >= 11 is 0. The minimum Gasteiger partial charge on any atom is -0.444 e. The van der Waals surface area contributed by atoms with Gasteiger partial charge >= 0.3 is 6.09 Å². The van der Waals surface area contributed by atoms with E-state index in [1.165, 1.54) is 0 Å². The van der Waals surface area contributed by atoms with Gasteiger partial charge in [-0.1, -0.05) is 86.6 Å². The molecule has 4 rings (SSSR count). The van der Waals surface area contributed by atoms with Crippen molar-refractivity contribution in [1.29, 1.82) is 0 Å². The van der Waals surface area contributed by atoms with Crippen LogP contribution in [0.1, 0.15) is 62.8 Å². The second-order valence-corrected chi connectivity index (χ2v) is 13.6. The van der Waals surface area contributed by atoms with Crippen LogP contribution in [0.25, 0.3) is 11.0 Å². The summed E-state index contributed by atoms with van der Waals surface area (Å²) in [5.41, 5.74) is 2.36. The van der Waals surface area contributed by atoms with E-state index in [1.54, 1.807) is 26.8 Å². The third-order valence-corrected chi connectivity index (χ3v) is 8.02. The first-order chi connectivity index (χ1) is 23.3. The lowest BCUT2D eigenvalue weighted by Gasteiger charge is -2.29. The van der Waals surface area contributed by atoms with Gasteiger partial charge in [-0.3, -0.25) is 25.0 Å². The quantitative estimate of drug-likeness (QED) is 0.113. The maximum atomic E-state index is 13.8. The number of imidazole rings is 1. The third kappa shape index (κ3) is 11.4.